The monoisotopic (exact) mass is 577 g/mol. The molecule has 0 heterocycles. The van der Waals surface area contributed by atoms with Gasteiger partial charge in [0.25, 0.3) is 0 Å². The van der Waals surface area contributed by atoms with Gasteiger partial charge in [0, 0.05) is 18.5 Å². The molecule has 1 N–H and O–H groups in total. The minimum absolute atomic E-state index is 0.0581. The molecular formula is C28H33Cl2N3O4S. The zero-order chi connectivity index (χ0) is 27.9. The summed E-state index contributed by atoms with van der Waals surface area (Å²) in [6.45, 7) is 3.93. The van der Waals surface area contributed by atoms with Crippen LogP contribution in [0.4, 0.5) is 5.69 Å². The smallest absolute Gasteiger partial charge is 0.244 e. The van der Waals surface area contributed by atoms with E-state index >= 15 is 0 Å². The Morgan fingerprint density at radius 2 is 1.68 bits per heavy atom. The molecule has 0 bridgehead atoms. The molecule has 38 heavy (non-hydrogen) atoms. The van der Waals surface area contributed by atoms with Crippen LogP contribution in [0.2, 0.25) is 10.0 Å². The van der Waals surface area contributed by atoms with E-state index in [0.29, 0.717) is 39.6 Å². The summed E-state index contributed by atoms with van der Waals surface area (Å²) in [6, 6.07) is 16.9. The van der Waals surface area contributed by atoms with Crippen LogP contribution in [0.15, 0.2) is 60.7 Å². The number of nitrogens with zero attached hydrogens (tertiary/aromatic N) is 2. The summed E-state index contributed by atoms with van der Waals surface area (Å²) in [5.74, 6) is -0.794. The highest BCUT2D eigenvalue weighted by Crippen LogP contribution is 2.29. The summed E-state index contributed by atoms with van der Waals surface area (Å²) in [5.41, 5.74) is 1.07. The number of hydrogen-bond acceptors (Lipinski definition) is 4. The third kappa shape index (κ3) is 7.40. The number of halogens is 2. The number of carbonyl (C=O) groups excluding carboxylic acids is 2. The molecule has 2 amide bonds. The van der Waals surface area contributed by atoms with Gasteiger partial charge < -0.3 is 10.2 Å². The Morgan fingerprint density at radius 3 is 2.34 bits per heavy atom. The topological polar surface area (TPSA) is 86.8 Å². The van der Waals surface area contributed by atoms with Crippen molar-refractivity contribution in [1.82, 2.24) is 10.2 Å². The predicted octanol–water partition coefficient (Wildman–Crippen LogP) is 5.64. The van der Waals surface area contributed by atoms with Crippen LogP contribution in [0, 0.1) is 0 Å². The second-order valence-electron chi connectivity index (χ2n) is 9.11. The molecule has 0 aliphatic rings. The lowest BCUT2D eigenvalue weighted by atomic mass is 10.1. The minimum Gasteiger partial charge on any atom is -0.354 e. The van der Waals surface area contributed by atoms with E-state index < -0.39 is 28.5 Å². The molecule has 0 saturated heterocycles. The molecular weight excluding hydrogens is 545 g/mol. The van der Waals surface area contributed by atoms with Crippen molar-refractivity contribution in [2.24, 2.45) is 0 Å². The Hall–Kier alpha value is -2.81. The number of rotatable bonds is 12. The van der Waals surface area contributed by atoms with Gasteiger partial charge in [0.15, 0.2) is 0 Å². The fraction of sp³-hybridized carbons (Fsp3) is 0.357. The number of carbonyl (C=O) groups is 2. The van der Waals surface area contributed by atoms with Crippen LogP contribution in [0.5, 0.6) is 0 Å². The number of nitrogens with one attached hydrogen (secondary N) is 1. The van der Waals surface area contributed by atoms with Crippen LogP contribution in [-0.2, 0) is 26.2 Å². The zero-order valence-corrected chi connectivity index (χ0v) is 24.1. The van der Waals surface area contributed by atoms with Crippen LogP contribution in [0.1, 0.15) is 38.7 Å². The molecule has 1 atom stereocenters. The van der Waals surface area contributed by atoms with Crippen molar-refractivity contribution in [3.63, 3.8) is 0 Å². The van der Waals surface area contributed by atoms with Gasteiger partial charge in [-0.1, -0.05) is 85.9 Å². The molecule has 0 radical (unpaired) electrons. The summed E-state index contributed by atoms with van der Waals surface area (Å²) in [4.78, 5) is 28.5. The van der Waals surface area contributed by atoms with E-state index in [0.717, 1.165) is 28.8 Å². The Labute approximate surface area is 234 Å². The average molecular weight is 579 g/mol. The summed E-state index contributed by atoms with van der Waals surface area (Å²) in [7, 11) is -3.85. The Morgan fingerprint density at radius 1 is 0.974 bits per heavy atom. The van der Waals surface area contributed by atoms with Crippen molar-refractivity contribution in [1.29, 1.82) is 0 Å². The quantitative estimate of drug-likeness (QED) is 0.282. The highest BCUT2D eigenvalue weighted by atomic mass is 35.5. The lowest BCUT2D eigenvalue weighted by Crippen LogP contribution is -2.52. The van der Waals surface area contributed by atoms with E-state index in [1.165, 1.54) is 4.90 Å². The second-order valence-corrected chi connectivity index (χ2v) is 11.8. The number of unbranched alkanes of at least 4 members (excludes halogenated alkanes) is 1. The standard InChI is InChI=1S/C28H33Cl2N3O4S/c1-4-6-16-31-28(35)25(5-2)32(18-20-14-15-23(29)24(30)17-20)27(34)19-33(38(3,36)37)26-13-9-11-21-10-7-8-12-22(21)26/h7-15,17,25H,4-6,16,18-19H2,1-3H3,(H,31,35). The third-order valence-corrected chi connectivity index (χ3v) is 8.13. The maximum atomic E-state index is 13.9. The number of hydrogen-bond donors (Lipinski definition) is 1. The van der Waals surface area contributed by atoms with Gasteiger partial charge in [-0.2, -0.15) is 0 Å². The fourth-order valence-corrected chi connectivity index (χ4v) is 5.46. The fourth-order valence-electron chi connectivity index (χ4n) is 4.28. The zero-order valence-electron chi connectivity index (χ0n) is 21.8. The van der Waals surface area contributed by atoms with Crippen LogP contribution in [0.25, 0.3) is 10.8 Å². The van der Waals surface area contributed by atoms with Crippen LogP contribution >= 0.6 is 23.2 Å². The van der Waals surface area contributed by atoms with Crippen LogP contribution in [-0.4, -0.2) is 50.5 Å². The van der Waals surface area contributed by atoms with Gasteiger partial charge in [-0.3, -0.25) is 13.9 Å². The largest absolute Gasteiger partial charge is 0.354 e. The number of benzene rings is 3. The first-order chi connectivity index (χ1) is 18.1. The lowest BCUT2D eigenvalue weighted by Gasteiger charge is -2.33. The summed E-state index contributed by atoms with van der Waals surface area (Å²) < 4.78 is 27.0. The molecule has 3 aromatic carbocycles. The van der Waals surface area contributed by atoms with Crippen molar-refractivity contribution >= 4 is 61.5 Å². The summed E-state index contributed by atoms with van der Waals surface area (Å²) in [5, 5.41) is 5.15. The van der Waals surface area contributed by atoms with Gasteiger partial charge >= 0.3 is 0 Å². The lowest BCUT2D eigenvalue weighted by molar-refractivity contribution is -0.140. The normalized spacial score (nSPS) is 12.2. The van der Waals surface area contributed by atoms with E-state index in [1.807, 2.05) is 44.2 Å². The molecule has 0 saturated carbocycles. The Bertz CT molecular complexity index is 1390. The number of fused-ring (bicyclic) bond motifs is 1. The Kier molecular flexibility index (Phi) is 10.4. The number of sulfonamides is 1. The van der Waals surface area contributed by atoms with Gasteiger partial charge in [-0.25, -0.2) is 8.42 Å². The van der Waals surface area contributed by atoms with Crippen LogP contribution in [0.3, 0.4) is 0 Å². The van der Waals surface area contributed by atoms with E-state index in [2.05, 4.69) is 5.32 Å². The van der Waals surface area contributed by atoms with Crippen molar-refractivity contribution in [3.05, 3.63) is 76.3 Å². The summed E-state index contributed by atoms with van der Waals surface area (Å²) >= 11 is 12.3. The van der Waals surface area contributed by atoms with Crippen molar-refractivity contribution < 1.29 is 18.0 Å². The van der Waals surface area contributed by atoms with E-state index in [9.17, 15) is 18.0 Å². The molecule has 3 aromatic rings. The van der Waals surface area contributed by atoms with Gasteiger partial charge in [-0.05, 0) is 42.0 Å². The molecule has 204 valence electrons. The van der Waals surface area contributed by atoms with Crippen molar-refractivity contribution in [2.75, 3.05) is 23.7 Å². The molecule has 0 aliphatic heterocycles. The van der Waals surface area contributed by atoms with Gasteiger partial charge in [0.05, 0.1) is 22.0 Å². The van der Waals surface area contributed by atoms with E-state index in [-0.39, 0.29) is 12.5 Å². The molecule has 3 rings (SSSR count). The van der Waals surface area contributed by atoms with Gasteiger partial charge in [-0.15, -0.1) is 0 Å². The SMILES string of the molecule is CCCCNC(=O)C(CC)N(Cc1ccc(Cl)c(Cl)c1)C(=O)CN(c1cccc2ccccc12)S(C)(=O)=O. The van der Waals surface area contributed by atoms with Crippen molar-refractivity contribution in [3.8, 4) is 0 Å². The molecule has 7 nitrogen and oxygen atoms in total. The first kappa shape index (κ1) is 29.7. The number of anilines is 1. The molecule has 0 aromatic heterocycles. The first-order valence-electron chi connectivity index (χ1n) is 12.5. The minimum atomic E-state index is -3.85. The highest BCUT2D eigenvalue weighted by molar-refractivity contribution is 7.92. The molecule has 10 heteroatoms. The van der Waals surface area contributed by atoms with E-state index in [4.69, 9.17) is 23.2 Å². The molecule has 0 aliphatic carbocycles. The van der Waals surface area contributed by atoms with E-state index in [1.54, 1.807) is 30.3 Å². The second kappa shape index (κ2) is 13.3. The predicted molar refractivity (Wildman–Crippen MR) is 155 cm³/mol. The maximum absolute atomic E-state index is 13.9. The molecule has 0 fully saturated rings. The molecule has 1 unspecified atom stereocenters. The third-order valence-electron chi connectivity index (χ3n) is 6.27. The van der Waals surface area contributed by atoms with Gasteiger partial charge in [0.2, 0.25) is 21.8 Å². The molecule has 0 spiro atoms. The van der Waals surface area contributed by atoms with Crippen LogP contribution < -0.4 is 9.62 Å². The first-order valence-corrected chi connectivity index (χ1v) is 15.1. The van der Waals surface area contributed by atoms with Crippen molar-refractivity contribution in [2.45, 2.75) is 45.7 Å². The summed E-state index contributed by atoms with van der Waals surface area (Å²) in [6.07, 6.45) is 3.14. The average Bonchev–Trinajstić information content (AvgIpc) is 2.88. The number of amides is 2. The Balaban J connectivity index is 2.01. The maximum Gasteiger partial charge on any atom is 0.244 e. The van der Waals surface area contributed by atoms with Gasteiger partial charge in [0.1, 0.15) is 12.6 Å². The highest BCUT2D eigenvalue weighted by Gasteiger charge is 2.32.